The van der Waals surface area contributed by atoms with Crippen molar-refractivity contribution in [1.29, 1.82) is 0 Å². The Morgan fingerprint density at radius 3 is 2.75 bits per heavy atom. The summed E-state index contributed by atoms with van der Waals surface area (Å²) in [6.07, 6.45) is 0. The first kappa shape index (κ1) is 16.6. The highest BCUT2D eigenvalue weighted by atomic mass is 32.2. The molecule has 0 aliphatic rings. The summed E-state index contributed by atoms with van der Waals surface area (Å²) >= 11 is 1.89. The summed E-state index contributed by atoms with van der Waals surface area (Å²) in [5, 5.41) is 14.5. The van der Waals surface area contributed by atoms with E-state index in [9.17, 15) is 5.11 Å². The molecule has 2 N–H and O–H groups in total. The lowest BCUT2D eigenvalue weighted by Gasteiger charge is -2.12. The van der Waals surface area contributed by atoms with E-state index in [1.165, 1.54) is 0 Å². The Bertz CT molecular complexity index is 851. The van der Waals surface area contributed by atoms with Gasteiger partial charge in [-0.3, -0.25) is 0 Å². The summed E-state index contributed by atoms with van der Waals surface area (Å²) in [6.45, 7) is 5.05. The zero-order valence-electron chi connectivity index (χ0n) is 13.9. The highest BCUT2D eigenvalue weighted by Gasteiger charge is 2.12. The molecule has 5 heteroatoms. The van der Waals surface area contributed by atoms with Crippen LogP contribution in [0.4, 0.5) is 5.82 Å². The summed E-state index contributed by atoms with van der Waals surface area (Å²) in [6, 6.07) is 13.3. The monoisotopic (exact) mass is 339 g/mol. The van der Waals surface area contributed by atoms with Crippen LogP contribution in [0.25, 0.3) is 22.3 Å². The van der Waals surface area contributed by atoms with Crippen molar-refractivity contribution in [2.45, 2.75) is 13.8 Å². The molecule has 24 heavy (non-hydrogen) atoms. The number of nitrogens with zero attached hydrogens (tertiary/aromatic N) is 2. The van der Waals surface area contributed by atoms with Gasteiger partial charge in [-0.15, -0.1) is 0 Å². The lowest BCUT2D eigenvalue weighted by molar-refractivity contribution is 0.477. The molecule has 0 bridgehead atoms. The number of rotatable bonds is 6. The van der Waals surface area contributed by atoms with Crippen molar-refractivity contribution >= 4 is 28.5 Å². The Morgan fingerprint density at radius 1 is 1.12 bits per heavy atom. The summed E-state index contributed by atoms with van der Waals surface area (Å²) in [5.74, 6) is 3.68. The van der Waals surface area contributed by atoms with Crippen molar-refractivity contribution in [3.8, 4) is 17.1 Å². The molecular formula is C19H21N3OS. The van der Waals surface area contributed by atoms with E-state index >= 15 is 0 Å². The van der Waals surface area contributed by atoms with Crippen LogP contribution in [0.15, 0.2) is 42.5 Å². The molecule has 3 rings (SSSR count). The first-order valence-electron chi connectivity index (χ1n) is 8.07. The maximum absolute atomic E-state index is 10.1. The van der Waals surface area contributed by atoms with Gasteiger partial charge in [-0.05, 0) is 42.5 Å². The van der Waals surface area contributed by atoms with Crippen molar-refractivity contribution in [3.05, 3.63) is 48.0 Å². The van der Waals surface area contributed by atoms with Gasteiger partial charge in [0.1, 0.15) is 11.6 Å². The van der Waals surface area contributed by atoms with Crippen LogP contribution in [0.3, 0.4) is 0 Å². The number of phenols is 1. The Hall–Kier alpha value is -2.27. The van der Waals surface area contributed by atoms with Crippen molar-refractivity contribution in [1.82, 2.24) is 9.97 Å². The molecule has 124 valence electrons. The molecule has 4 nitrogen and oxygen atoms in total. The lowest BCUT2D eigenvalue weighted by Crippen LogP contribution is -2.08. The summed E-state index contributed by atoms with van der Waals surface area (Å²) < 4.78 is 0. The number of aryl methyl sites for hydroxylation is 1. The van der Waals surface area contributed by atoms with E-state index in [0.717, 1.165) is 40.3 Å². The fourth-order valence-electron chi connectivity index (χ4n) is 2.54. The van der Waals surface area contributed by atoms with Crippen molar-refractivity contribution in [2.75, 3.05) is 23.4 Å². The van der Waals surface area contributed by atoms with Crippen molar-refractivity contribution < 1.29 is 5.11 Å². The number of thioether (sulfide) groups is 1. The van der Waals surface area contributed by atoms with Gasteiger partial charge in [-0.1, -0.05) is 25.1 Å². The average Bonchev–Trinajstić information content (AvgIpc) is 2.58. The first-order valence-corrected chi connectivity index (χ1v) is 9.23. The van der Waals surface area contributed by atoms with E-state index in [4.69, 9.17) is 0 Å². The largest absolute Gasteiger partial charge is 0.507 e. The predicted octanol–water partition coefficient (Wildman–Crippen LogP) is 4.48. The summed E-state index contributed by atoms with van der Waals surface area (Å²) in [7, 11) is 0. The van der Waals surface area contributed by atoms with Gasteiger partial charge in [0.05, 0.1) is 11.1 Å². The number of anilines is 1. The molecule has 0 amide bonds. The molecule has 0 saturated carbocycles. The number of phenolic OH excluding ortho intramolecular Hbond substituents is 1. The van der Waals surface area contributed by atoms with Crippen LogP contribution in [0, 0.1) is 6.92 Å². The second-order valence-corrected chi connectivity index (χ2v) is 6.95. The molecular weight excluding hydrogens is 318 g/mol. The molecule has 0 radical (unpaired) electrons. The molecule has 0 atom stereocenters. The van der Waals surface area contributed by atoms with E-state index in [1.807, 2.05) is 36.9 Å². The number of aromatic hydroxyl groups is 1. The Kier molecular flexibility index (Phi) is 5.20. The Labute approximate surface area is 146 Å². The van der Waals surface area contributed by atoms with E-state index in [0.29, 0.717) is 11.4 Å². The predicted molar refractivity (Wildman–Crippen MR) is 103 cm³/mol. The fourth-order valence-corrected chi connectivity index (χ4v) is 3.08. The number of hydrogen-bond donors (Lipinski definition) is 2. The van der Waals surface area contributed by atoms with Gasteiger partial charge in [0, 0.05) is 17.7 Å². The Balaban J connectivity index is 2.05. The van der Waals surface area contributed by atoms with Gasteiger partial charge < -0.3 is 10.4 Å². The third-order valence-corrected chi connectivity index (χ3v) is 4.64. The number of para-hydroxylation sites is 1. The van der Waals surface area contributed by atoms with Crippen LogP contribution in [0.2, 0.25) is 0 Å². The summed E-state index contributed by atoms with van der Waals surface area (Å²) in [5.41, 5.74) is 2.68. The molecule has 0 saturated heterocycles. The van der Waals surface area contributed by atoms with E-state index < -0.39 is 0 Å². The normalized spacial score (nSPS) is 10.9. The van der Waals surface area contributed by atoms with Gasteiger partial charge in [0.2, 0.25) is 0 Å². The average molecular weight is 339 g/mol. The molecule has 1 aromatic heterocycles. The minimum Gasteiger partial charge on any atom is -0.507 e. The Morgan fingerprint density at radius 2 is 1.96 bits per heavy atom. The number of fused-ring (bicyclic) bond motifs is 1. The van der Waals surface area contributed by atoms with Gasteiger partial charge >= 0.3 is 0 Å². The number of benzene rings is 2. The second-order valence-electron chi connectivity index (χ2n) is 5.56. The maximum Gasteiger partial charge on any atom is 0.165 e. The second kappa shape index (κ2) is 7.53. The zero-order chi connectivity index (χ0) is 16.9. The first-order chi connectivity index (χ1) is 11.7. The number of nitrogens with one attached hydrogen (secondary N) is 1. The highest BCUT2D eigenvalue weighted by Crippen LogP contribution is 2.30. The standard InChI is InChI=1S/C19H21N3OS/c1-3-24-11-10-20-18-14-9-8-13(2)12-16(14)21-19(22-18)15-6-4-5-7-17(15)23/h4-9,12,23H,3,10-11H2,1-2H3,(H,20,21,22). The van der Waals surface area contributed by atoms with E-state index in [2.05, 4.69) is 34.3 Å². The van der Waals surface area contributed by atoms with Gasteiger partial charge in [-0.2, -0.15) is 11.8 Å². The number of hydrogen-bond acceptors (Lipinski definition) is 5. The maximum atomic E-state index is 10.1. The third-order valence-electron chi connectivity index (χ3n) is 3.74. The van der Waals surface area contributed by atoms with Gasteiger partial charge in [0.25, 0.3) is 0 Å². The van der Waals surface area contributed by atoms with Crippen LogP contribution in [0.5, 0.6) is 5.75 Å². The van der Waals surface area contributed by atoms with Crippen LogP contribution in [0.1, 0.15) is 12.5 Å². The van der Waals surface area contributed by atoms with Crippen LogP contribution in [-0.4, -0.2) is 33.1 Å². The minimum atomic E-state index is 0.192. The lowest BCUT2D eigenvalue weighted by atomic mass is 10.1. The van der Waals surface area contributed by atoms with Crippen molar-refractivity contribution in [3.63, 3.8) is 0 Å². The van der Waals surface area contributed by atoms with Crippen molar-refractivity contribution in [2.24, 2.45) is 0 Å². The smallest absolute Gasteiger partial charge is 0.165 e. The molecule has 0 aliphatic carbocycles. The van der Waals surface area contributed by atoms with Crippen LogP contribution < -0.4 is 5.32 Å². The third kappa shape index (κ3) is 3.62. The highest BCUT2D eigenvalue weighted by molar-refractivity contribution is 7.99. The van der Waals surface area contributed by atoms with Crippen LogP contribution >= 0.6 is 11.8 Å². The molecule has 0 fully saturated rings. The molecule has 0 unspecified atom stereocenters. The molecule has 0 aliphatic heterocycles. The molecule has 1 heterocycles. The molecule has 0 spiro atoms. The van der Waals surface area contributed by atoms with Crippen LogP contribution in [-0.2, 0) is 0 Å². The molecule has 3 aromatic rings. The van der Waals surface area contributed by atoms with Gasteiger partial charge in [0.15, 0.2) is 5.82 Å². The van der Waals surface area contributed by atoms with Gasteiger partial charge in [-0.25, -0.2) is 9.97 Å². The number of aromatic nitrogens is 2. The SMILES string of the molecule is CCSCCNc1nc(-c2ccccc2O)nc2cc(C)ccc12. The zero-order valence-corrected chi connectivity index (χ0v) is 14.7. The molecule has 2 aromatic carbocycles. The minimum absolute atomic E-state index is 0.192. The summed E-state index contributed by atoms with van der Waals surface area (Å²) in [4.78, 5) is 9.32. The topological polar surface area (TPSA) is 58.0 Å². The fraction of sp³-hybridized carbons (Fsp3) is 0.263. The quantitative estimate of drug-likeness (QED) is 0.649. The van der Waals surface area contributed by atoms with E-state index in [-0.39, 0.29) is 5.75 Å². The van der Waals surface area contributed by atoms with E-state index in [1.54, 1.807) is 12.1 Å².